The highest BCUT2D eigenvalue weighted by molar-refractivity contribution is 5.97. The maximum Gasteiger partial charge on any atom is 0.257 e. The summed E-state index contributed by atoms with van der Waals surface area (Å²) in [6, 6.07) is 3.58. The molecular weight excluding hydrogens is 322 g/mol. The zero-order valence-electron chi connectivity index (χ0n) is 14.1. The number of hydrogen-bond donors (Lipinski definition) is 1. The minimum absolute atomic E-state index is 0.105. The summed E-state index contributed by atoms with van der Waals surface area (Å²) in [6.45, 7) is 2.59. The van der Waals surface area contributed by atoms with Crippen LogP contribution in [0.1, 0.15) is 41.2 Å². The number of nitrogens with zero attached hydrogens (tertiary/aromatic N) is 4. The van der Waals surface area contributed by atoms with Gasteiger partial charge in [0.05, 0.1) is 28.4 Å². The number of carbonyl (C=O) groups excluding carboxylic acids is 1. The molecule has 1 aliphatic heterocycles. The Hall–Kier alpha value is -2.74. The molecule has 1 fully saturated rings. The molecule has 3 aromatic heterocycles. The smallest absolute Gasteiger partial charge is 0.257 e. The van der Waals surface area contributed by atoms with Crippen LogP contribution in [0.2, 0.25) is 0 Å². The lowest BCUT2D eigenvalue weighted by Crippen LogP contribution is -2.37. The molecule has 8 heteroatoms. The Morgan fingerprint density at radius 3 is 3.12 bits per heavy atom. The second-order valence-corrected chi connectivity index (χ2v) is 6.10. The van der Waals surface area contributed by atoms with Crippen LogP contribution in [0.4, 0.5) is 0 Å². The molecule has 1 saturated heterocycles. The van der Waals surface area contributed by atoms with Crippen LogP contribution in [0.3, 0.4) is 0 Å². The summed E-state index contributed by atoms with van der Waals surface area (Å²) >= 11 is 0. The Morgan fingerprint density at radius 1 is 1.48 bits per heavy atom. The molecule has 130 valence electrons. The second-order valence-electron chi connectivity index (χ2n) is 6.10. The van der Waals surface area contributed by atoms with E-state index in [2.05, 4.69) is 20.6 Å². The molecule has 3 aromatic rings. The van der Waals surface area contributed by atoms with Crippen molar-refractivity contribution in [3.8, 4) is 0 Å². The summed E-state index contributed by atoms with van der Waals surface area (Å²) in [6.07, 6.45) is 4.52. The molecule has 1 aliphatic rings. The van der Waals surface area contributed by atoms with Crippen molar-refractivity contribution in [1.82, 2.24) is 25.2 Å². The highest BCUT2D eigenvalue weighted by Crippen LogP contribution is 2.29. The molecule has 8 nitrogen and oxygen atoms in total. The number of aryl methyl sites for hydroxylation is 2. The van der Waals surface area contributed by atoms with Gasteiger partial charge in [-0.05, 0) is 25.0 Å². The molecule has 0 unspecified atom stereocenters. The number of ether oxygens (including phenoxy) is 1. The topological polar surface area (TPSA) is 95.1 Å². The zero-order valence-corrected chi connectivity index (χ0v) is 14.1. The van der Waals surface area contributed by atoms with Gasteiger partial charge in [0, 0.05) is 26.0 Å². The summed E-state index contributed by atoms with van der Waals surface area (Å²) in [4.78, 5) is 16.9. The molecule has 4 heterocycles. The lowest BCUT2D eigenvalue weighted by molar-refractivity contribution is 0.0792. The van der Waals surface area contributed by atoms with E-state index in [4.69, 9.17) is 9.26 Å². The molecule has 0 aliphatic carbocycles. The number of amides is 1. The summed E-state index contributed by atoms with van der Waals surface area (Å²) in [5.74, 6) is -0.180. The third kappa shape index (κ3) is 2.78. The predicted octanol–water partition coefficient (Wildman–Crippen LogP) is 1.78. The average molecular weight is 341 g/mol. The van der Waals surface area contributed by atoms with Gasteiger partial charge in [0.2, 0.25) is 0 Å². The first-order valence-electron chi connectivity index (χ1n) is 8.32. The fourth-order valence-corrected chi connectivity index (χ4v) is 3.20. The van der Waals surface area contributed by atoms with E-state index < -0.39 is 0 Å². The van der Waals surface area contributed by atoms with Crippen LogP contribution in [-0.4, -0.2) is 38.5 Å². The third-order valence-corrected chi connectivity index (χ3v) is 4.56. The van der Waals surface area contributed by atoms with E-state index >= 15 is 0 Å². The highest BCUT2D eigenvalue weighted by atomic mass is 16.5. The predicted molar refractivity (Wildman–Crippen MR) is 89.0 cm³/mol. The van der Waals surface area contributed by atoms with Crippen LogP contribution in [0.25, 0.3) is 11.1 Å². The Labute approximate surface area is 144 Å². The zero-order chi connectivity index (χ0) is 17.4. The fourth-order valence-electron chi connectivity index (χ4n) is 3.20. The average Bonchev–Trinajstić information content (AvgIpc) is 3.33. The van der Waals surface area contributed by atoms with Gasteiger partial charge >= 0.3 is 0 Å². The summed E-state index contributed by atoms with van der Waals surface area (Å²) in [5, 5.41) is 12.0. The van der Waals surface area contributed by atoms with Gasteiger partial charge in [-0.25, -0.2) is 4.98 Å². The van der Waals surface area contributed by atoms with Gasteiger partial charge in [-0.1, -0.05) is 12.1 Å². The van der Waals surface area contributed by atoms with Crippen molar-refractivity contribution < 1.29 is 14.1 Å². The van der Waals surface area contributed by atoms with E-state index in [1.54, 1.807) is 16.9 Å². The van der Waals surface area contributed by atoms with Gasteiger partial charge < -0.3 is 14.6 Å². The number of rotatable bonds is 4. The summed E-state index contributed by atoms with van der Waals surface area (Å²) in [5.41, 5.74) is 2.68. The van der Waals surface area contributed by atoms with E-state index in [-0.39, 0.29) is 18.1 Å². The molecule has 0 spiro atoms. The maximum atomic E-state index is 12.7. The van der Waals surface area contributed by atoms with Crippen molar-refractivity contribution in [1.29, 1.82) is 0 Å². The monoisotopic (exact) mass is 341 g/mol. The SMILES string of the molecule is CCc1noc2ncc(C(=O)N[C@H]3CCO[C@@H]3c3ccnn3C)cc12. The quantitative estimate of drug-likeness (QED) is 0.777. The number of aromatic nitrogens is 4. The van der Waals surface area contributed by atoms with E-state index in [1.165, 1.54) is 6.20 Å². The van der Waals surface area contributed by atoms with Crippen LogP contribution in [0.15, 0.2) is 29.0 Å². The normalized spacial score (nSPS) is 20.2. The molecule has 25 heavy (non-hydrogen) atoms. The molecule has 0 radical (unpaired) electrons. The van der Waals surface area contributed by atoms with Crippen LogP contribution < -0.4 is 5.32 Å². The highest BCUT2D eigenvalue weighted by Gasteiger charge is 2.33. The molecule has 4 rings (SSSR count). The molecular formula is C17H19N5O3. The van der Waals surface area contributed by atoms with Gasteiger partial charge in [0.25, 0.3) is 11.6 Å². The molecule has 0 aromatic carbocycles. The Bertz CT molecular complexity index is 916. The van der Waals surface area contributed by atoms with E-state index in [0.717, 1.165) is 29.6 Å². The van der Waals surface area contributed by atoms with Gasteiger partial charge in [-0.2, -0.15) is 5.10 Å². The third-order valence-electron chi connectivity index (χ3n) is 4.56. The molecule has 0 bridgehead atoms. The lowest BCUT2D eigenvalue weighted by atomic mass is 10.1. The van der Waals surface area contributed by atoms with Crippen molar-refractivity contribution in [2.24, 2.45) is 7.05 Å². The largest absolute Gasteiger partial charge is 0.370 e. The number of nitrogens with one attached hydrogen (secondary N) is 1. The van der Waals surface area contributed by atoms with E-state index in [0.29, 0.717) is 17.9 Å². The summed E-state index contributed by atoms with van der Waals surface area (Å²) < 4.78 is 12.7. The van der Waals surface area contributed by atoms with Crippen molar-refractivity contribution >= 4 is 17.0 Å². The van der Waals surface area contributed by atoms with Crippen LogP contribution in [-0.2, 0) is 18.2 Å². The molecule has 0 saturated carbocycles. The number of carbonyl (C=O) groups is 1. The fraction of sp³-hybridized carbons (Fsp3) is 0.412. The van der Waals surface area contributed by atoms with Crippen molar-refractivity contribution in [2.45, 2.75) is 31.9 Å². The minimum atomic E-state index is -0.199. The Balaban J connectivity index is 1.56. The molecule has 1 N–H and O–H groups in total. The van der Waals surface area contributed by atoms with Crippen molar-refractivity contribution in [3.63, 3.8) is 0 Å². The maximum absolute atomic E-state index is 12.7. The first-order valence-corrected chi connectivity index (χ1v) is 8.32. The number of fused-ring (bicyclic) bond motifs is 1. The standard InChI is InChI=1S/C17H19N5O3/c1-3-12-11-8-10(9-18-17(11)25-21-12)16(23)20-13-5-7-24-15(13)14-4-6-19-22(14)2/h4,6,8-9,13,15H,3,5,7H2,1-2H3,(H,20,23)/t13-,15-/m0/s1. The van der Waals surface area contributed by atoms with Gasteiger partial charge in [-0.15, -0.1) is 0 Å². The first kappa shape index (κ1) is 15.8. The number of hydrogen-bond acceptors (Lipinski definition) is 6. The molecule has 1 amide bonds. The van der Waals surface area contributed by atoms with Gasteiger partial charge in [0.1, 0.15) is 6.10 Å². The number of pyridine rings is 1. The first-order chi connectivity index (χ1) is 12.2. The lowest BCUT2D eigenvalue weighted by Gasteiger charge is -2.20. The molecule has 2 atom stereocenters. The second kappa shape index (κ2) is 6.29. The van der Waals surface area contributed by atoms with E-state index in [1.807, 2.05) is 20.0 Å². The van der Waals surface area contributed by atoms with Crippen LogP contribution >= 0.6 is 0 Å². The Kier molecular flexibility index (Phi) is 3.96. The Morgan fingerprint density at radius 2 is 2.36 bits per heavy atom. The summed E-state index contributed by atoms with van der Waals surface area (Å²) in [7, 11) is 1.87. The van der Waals surface area contributed by atoms with E-state index in [9.17, 15) is 4.79 Å². The van der Waals surface area contributed by atoms with Crippen LogP contribution in [0, 0.1) is 0 Å². The van der Waals surface area contributed by atoms with Gasteiger partial charge in [-0.3, -0.25) is 9.48 Å². The minimum Gasteiger partial charge on any atom is -0.370 e. The van der Waals surface area contributed by atoms with Crippen molar-refractivity contribution in [3.05, 3.63) is 41.5 Å². The van der Waals surface area contributed by atoms with Crippen LogP contribution in [0.5, 0.6) is 0 Å². The van der Waals surface area contributed by atoms with Gasteiger partial charge in [0.15, 0.2) is 0 Å². The van der Waals surface area contributed by atoms with Crippen molar-refractivity contribution in [2.75, 3.05) is 6.61 Å².